The first-order valence-corrected chi connectivity index (χ1v) is 10.1. The van der Waals surface area contributed by atoms with Crippen LogP contribution in [0.2, 0.25) is 0 Å². The molecule has 2 N–H and O–H groups in total. The molecule has 4 nitrogen and oxygen atoms in total. The lowest BCUT2D eigenvalue weighted by molar-refractivity contribution is -0.116. The van der Waals surface area contributed by atoms with E-state index in [2.05, 4.69) is 23.1 Å². The molecule has 152 valence electrons. The van der Waals surface area contributed by atoms with Gasteiger partial charge < -0.3 is 10.4 Å². The van der Waals surface area contributed by atoms with Gasteiger partial charge in [0.1, 0.15) is 0 Å². The van der Waals surface area contributed by atoms with Crippen molar-refractivity contribution in [3.05, 3.63) is 95.8 Å². The normalized spacial score (nSPS) is 13.6. The van der Waals surface area contributed by atoms with E-state index in [-0.39, 0.29) is 24.2 Å². The summed E-state index contributed by atoms with van der Waals surface area (Å²) in [6.07, 6.45) is 6.93. The van der Waals surface area contributed by atoms with E-state index in [0.29, 0.717) is 6.42 Å². The van der Waals surface area contributed by atoms with E-state index in [0.717, 1.165) is 22.5 Å². The van der Waals surface area contributed by atoms with Crippen LogP contribution >= 0.6 is 0 Å². The van der Waals surface area contributed by atoms with Crippen LogP contribution in [-0.4, -0.2) is 16.0 Å². The molecule has 0 aliphatic heterocycles. The Bertz CT molecular complexity index is 996. The Balaban J connectivity index is 1.97. The molecule has 0 saturated heterocycles. The lowest BCUT2D eigenvalue weighted by Crippen LogP contribution is -2.20. The van der Waals surface area contributed by atoms with Crippen LogP contribution < -0.4 is 5.32 Å². The molecule has 4 heteroatoms. The SMILES string of the molecule is C#CCCC(=O)Nc1ccccc1C(C)[C@H](c1ccccn1)[C@H](O)c1ccccc1. The van der Waals surface area contributed by atoms with Gasteiger partial charge in [0.25, 0.3) is 0 Å². The minimum Gasteiger partial charge on any atom is -0.388 e. The Morgan fingerprint density at radius 3 is 2.47 bits per heavy atom. The average Bonchev–Trinajstić information content (AvgIpc) is 2.79. The van der Waals surface area contributed by atoms with Gasteiger partial charge in [0.15, 0.2) is 0 Å². The molecule has 3 atom stereocenters. The third kappa shape index (κ3) is 5.14. The standard InChI is InChI=1S/C26H26N2O2/c1-3-4-17-24(29)28-22-15-9-8-14-21(22)19(2)25(23-16-10-11-18-27-23)26(30)20-12-6-5-7-13-20/h1,5-16,18-19,25-26,30H,4,17H2,2H3,(H,28,29)/t19?,25-,26-/m1/s1. The molecule has 2 aromatic carbocycles. The van der Waals surface area contributed by atoms with E-state index < -0.39 is 6.10 Å². The summed E-state index contributed by atoms with van der Waals surface area (Å²) in [5.41, 5.74) is 3.30. The maximum absolute atomic E-state index is 12.3. The number of para-hydroxylation sites is 1. The summed E-state index contributed by atoms with van der Waals surface area (Å²) < 4.78 is 0. The molecule has 0 aliphatic carbocycles. The van der Waals surface area contributed by atoms with Crippen molar-refractivity contribution in [2.24, 2.45) is 0 Å². The summed E-state index contributed by atoms with van der Waals surface area (Å²) in [5, 5.41) is 14.3. The molecule has 0 fully saturated rings. The van der Waals surface area contributed by atoms with Crippen LogP contribution in [-0.2, 0) is 4.79 Å². The summed E-state index contributed by atoms with van der Waals surface area (Å²) in [6, 6.07) is 23.0. The number of nitrogens with zero attached hydrogens (tertiary/aromatic N) is 1. The van der Waals surface area contributed by atoms with Crippen molar-refractivity contribution < 1.29 is 9.90 Å². The molecule has 0 bridgehead atoms. The summed E-state index contributed by atoms with van der Waals surface area (Å²) in [5.74, 6) is 1.97. The quantitative estimate of drug-likeness (QED) is 0.522. The van der Waals surface area contributed by atoms with Crippen LogP contribution in [0.3, 0.4) is 0 Å². The number of benzene rings is 2. The van der Waals surface area contributed by atoms with Gasteiger partial charge in [-0.15, -0.1) is 12.3 Å². The average molecular weight is 399 g/mol. The van der Waals surface area contributed by atoms with E-state index >= 15 is 0 Å². The highest BCUT2D eigenvalue weighted by Crippen LogP contribution is 2.43. The molecule has 1 unspecified atom stereocenters. The minimum atomic E-state index is -0.749. The van der Waals surface area contributed by atoms with E-state index in [1.54, 1.807) is 6.20 Å². The van der Waals surface area contributed by atoms with Gasteiger partial charge in [-0.2, -0.15) is 0 Å². The third-order valence-corrected chi connectivity index (χ3v) is 5.27. The van der Waals surface area contributed by atoms with Crippen molar-refractivity contribution in [3.8, 4) is 12.3 Å². The van der Waals surface area contributed by atoms with Crippen molar-refractivity contribution in [2.45, 2.75) is 37.7 Å². The Kier molecular flexibility index (Phi) is 7.37. The highest BCUT2D eigenvalue weighted by Gasteiger charge is 2.31. The topological polar surface area (TPSA) is 62.2 Å². The van der Waals surface area contributed by atoms with Crippen LogP contribution in [0, 0.1) is 12.3 Å². The molecule has 3 rings (SSSR count). The Morgan fingerprint density at radius 2 is 1.77 bits per heavy atom. The second-order valence-corrected chi connectivity index (χ2v) is 7.26. The fourth-order valence-corrected chi connectivity index (χ4v) is 3.72. The predicted molar refractivity (Wildman–Crippen MR) is 120 cm³/mol. The molecule has 0 radical (unpaired) electrons. The van der Waals surface area contributed by atoms with Gasteiger partial charge in [-0.05, 0) is 35.2 Å². The molecule has 0 saturated carbocycles. The van der Waals surface area contributed by atoms with Gasteiger partial charge in [-0.25, -0.2) is 0 Å². The number of hydrogen-bond donors (Lipinski definition) is 2. The van der Waals surface area contributed by atoms with Crippen LogP contribution in [0.5, 0.6) is 0 Å². The highest BCUT2D eigenvalue weighted by molar-refractivity contribution is 5.91. The number of anilines is 1. The summed E-state index contributed by atoms with van der Waals surface area (Å²) >= 11 is 0. The Morgan fingerprint density at radius 1 is 1.07 bits per heavy atom. The predicted octanol–water partition coefficient (Wildman–Crippen LogP) is 5.05. The van der Waals surface area contributed by atoms with Gasteiger partial charge >= 0.3 is 0 Å². The van der Waals surface area contributed by atoms with E-state index in [1.165, 1.54) is 0 Å². The van der Waals surface area contributed by atoms with Crippen molar-refractivity contribution in [2.75, 3.05) is 5.32 Å². The Hall–Kier alpha value is -3.42. The number of aliphatic hydroxyl groups excluding tert-OH is 1. The van der Waals surface area contributed by atoms with Crippen LogP contribution in [0.15, 0.2) is 79.0 Å². The molecule has 1 amide bonds. The second-order valence-electron chi connectivity index (χ2n) is 7.26. The molecule has 1 heterocycles. The minimum absolute atomic E-state index is 0.112. The van der Waals surface area contributed by atoms with Gasteiger partial charge in [-0.3, -0.25) is 9.78 Å². The highest BCUT2D eigenvalue weighted by atomic mass is 16.3. The van der Waals surface area contributed by atoms with Gasteiger partial charge in [0.05, 0.1) is 6.10 Å². The molecule has 30 heavy (non-hydrogen) atoms. The first-order chi connectivity index (χ1) is 14.6. The molecule has 0 aliphatic rings. The van der Waals surface area contributed by atoms with Crippen molar-refractivity contribution in [1.82, 2.24) is 4.98 Å². The van der Waals surface area contributed by atoms with Crippen LogP contribution in [0.25, 0.3) is 0 Å². The number of nitrogens with one attached hydrogen (secondary N) is 1. The molecular formula is C26H26N2O2. The molecule has 0 spiro atoms. The number of amides is 1. The number of pyridine rings is 1. The van der Waals surface area contributed by atoms with Crippen molar-refractivity contribution >= 4 is 11.6 Å². The van der Waals surface area contributed by atoms with E-state index in [9.17, 15) is 9.90 Å². The maximum Gasteiger partial charge on any atom is 0.225 e. The fourth-order valence-electron chi connectivity index (χ4n) is 3.72. The fraction of sp³-hybridized carbons (Fsp3) is 0.231. The monoisotopic (exact) mass is 398 g/mol. The number of aliphatic hydroxyl groups is 1. The lowest BCUT2D eigenvalue weighted by Gasteiger charge is -2.30. The summed E-state index contributed by atoms with van der Waals surface area (Å²) in [4.78, 5) is 16.8. The maximum atomic E-state index is 12.3. The van der Waals surface area contributed by atoms with E-state index in [1.807, 2.05) is 72.8 Å². The third-order valence-electron chi connectivity index (χ3n) is 5.27. The zero-order valence-corrected chi connectivity index (χ0v) is 17.0. The largest absolute Gasteiger partial charge is 0.388 e. The summed E-state index contributed by atoms with van der Waals surface area (Å²) in [6.45, 7) is 2.05. The number of terminal acetylenes is 1. The number of aromatic nitrogens is 1. The Labute approximate surface area is 178 Å². The number of rotatable bonds is 8. The molecule has 3 aromatic rings. The van der Waals surface area contributed by atoms with Crippen LogP contribution in [0.4, 0.5) is 5.69 Å². The van der Waals surface area contributed by atoms with Gasteiger partial charge in [0, 0.05) is 36.3 Å². The van der Waals surface area contributed by atoms with Crippen LogP contribution in [0.1, 0.15) is 54.5 Å². The van der Waals surface area contributed by atoms with Gasteiger partial charge in [-0.1, -0.05) is 61.5 Å². The number of carbonyl (C=O) groups excluding carboxylic acids is 1. The number of carbonyl (C=O) groups is 1. The molecule has 1 aromatic heterocycles. The van der Waals surface area contributed by atoms with Crippen molar-refractivity contribution in [1.29, 1.82) is 0 Å². The number of hydrogen-bond acceptors (Lipinski definition) is 3. The van der Waals surface area contributed by atoms with Gasteiger partial charge in [0.2, 0.25) is 5.91 Å². The lowest BCUT2D eigenvalue weighted by atomic mass is 9.78. The molecular weight excluding hydrogens is 372 g/mol. The zero-order valence-electron chi connectivity index (χ0n) is 17.0. The summed E-state index contributed by atoms with van der Waals surface area (Å²) in [7, 11) is 0. The first kappa shape index (κ1) is 21.3. The van der Waals surface area contributed by atoms with Crippen molar-refractivity contribution in [3.63, 3.8) is 0 Å². The first-order valence-electron chi connectivity index (χ1n) is 10.1. The smallest absolute Gasteiger partial charge is 0.225 e. The van der Waals surface area contributed by atoms with E-state index in [4.69, 9.17) is 6.42 Å². The zero-order chi connectivity index (χ0) is 21.3. The second kappa shape index (κ2) is 10.4.